The Balaban J connectivity index is 1.20. The number of aromatic nitrogens is 4. The number of benzene rings is 1. The second-order valence-electron chi connectivity index (χ2n) is 11.8. The summed E-state index contributed by atoms with van der Waals surface area (Å²) in [6.45, 7) is 1.20. The van der Waals surface area contributed by atoms with Crippen molar-refractivity contribution in [3.8, 4) is 17.1 Å². The fraction of sp³-hybridized carbons (Fsp3) is 0.387. The number of piperidine rings is 1. The third kappa shape index (κ3) is 4.70. The molecule has 4 aliphatic rings. The number of hydrogen-bond donors (Lipinski definition) is 2. The summed E-state index contributed by atoms with van der Waals surface area (Å²) in [5.74, 6) is 1.41. The Labute approximate surface area is 249 Å². The standard InChI is InChI=1S/C31H28F3N7O3/c32-31(33,34)25-8-18(5-6-36-25)44-26-4-3-24-27(40-26)19-9-20-21-13-43-14-22(21)28(35)39-23(20)7-16(19)12-41(24)30(42)17-10-37-29(38-11-17)15-1-2-15/h3-4,7,9-11,15,18,25,36H,1-2,5-6,8,12-14H2,(H2,35,39)/t18-,25-/m0/s1. The number of amides is 1. The van der Waals surface area contributed by atoms with Gasteiger partial charge in [-0.1, -0.05) is 0 Å². The van der Waals surface area contributed by atoms with E-state index in [9.17, 15) is 18.0 Å². The van der Waals surface area contributed by atoms with Crippen LogP contribution in [-0.4, -0.2) is 50.7 Å². The van der Waals surface area contributed by atoms with E-state index in [-0.39, 0.29) is 31.3 Å². The first-order valence-corrected chi connectivity index (χ1v) is 14.7. The fourth-order valence-electron chi connectivity index (χ4n) is 6.33. The normalized spacial score (nSPS) is 21.1. The number of fused-ring (bicyclic) bond motifs is 6. The van der Waals surface area contributed by atoms with Gasteiger partial charge in [-0.25, -0.2) is 19.9 Å². The summed E-state index contributed by atoms with van der Waals surface area (Å²) in [7, 11) is 0. The molecule has 4 aromatic rings. The molecule has 0 spiro atoms. The molecule has 10 nitrogen and oxygen atoms in total. The predicted molar refractivity (Wildman–Crippen MR) is 154 cm³/mol. The van der Waals surface area contributed by atoms with E-state index in [4.69, 9.17) is 20.2 Å². The summed E-state index contributed by atoms with van der Waals surface area (Å²) >= 11 is 0. The molecule has 2 fully saturated rings. The molecule has 1 saturated carbocycles. The zero-order valence-electron chi connectivity index (χ0n) is 23.5. The highest BCUT2D eigenvalue weighted by Crippen LogP contribution is 2.43. The number of pyridine rings is 2. The zero-order chi connectivity index (χ0) is 30.2. The van der Waals surface area contributed by atoms with Crippen molar-refractivity contribution >= 4 is 28.3 Å². The van der Waals surface area contributed by atoms with Crippen LogP contribution in [0.1, 0.15) is 64.5 Å². The van der Waals surface area contributed by atoms with E-state index in [1.807, 2.05) is 12.1 Å². The largest absolute Gasteiger partial charge is 0.474 e. The number of carbonyl (C=O) groups excluding carboxylic acids is 1. The molecule has 0 radical (unpaired) electrons. The van der Waals surface area contributed by atoms with Crippen molar-refractivity contribution < 1.29 is 27.4 Å². The van der Waals surface area contributed by atoms with Crippen LogP contribution in [-0.2, 0) is 24.5 Å². The van der Waals surface area contributed by atoms with Crippen LogP contribution < -0.4 is 20.7 Å². The van der Waals surface area contributed by atoms with E-state index in [1.54, 1.807) is 29.4 Å². The van der Waals surface area contributed by atoms with Gasteiger partial charge in [-0.15, -0.1) is 0 Å². The number of ether oxygens (including phenoxy) is 2. The number of carbonyl (C=O) groups is 1. The number of rotatable bonds is 4. The Morgan fingerprint density at radius 1 is 1.07 bits per heavy atom. The lowest BCUT2D eigenvalue weighted by Crippen LogP contribution is -2.50. The average molecular weight is 604 g/mol. The molecule has 0 unspecified atom stereocenters. The fourth-order valence-corrected chi connectivity index (χ4v) is 6.33. The molecule has 1 amide bonds. The van der Waals surface area contributed by atoms with Gasteiger partial charge in [0.15, 0.2) is 0 Å². The summed E-state index contributed by atoms with van der Waals surface area (Å²) in [5.41, 5.74) is 11.7. The minimum absolute atomic E-state index is 0.182. The molecule has 1 aliphatic carbocycles. The number of nitrogen functional groups attached to an aromatic ring is 1. The maximum absolute atomic E-state index is 13.9. The van der Waals surface area contributed by atoms with Gasteiger partial charge < -0.3 is 25.4 Å². The summed E-state index contributed by atoms with van der Waals surface area (Å²) in [6.07, 6.45) is 0.379. The SMILES string of the molecule is Nc1nc2cc3c(cc2c2c1COC2)-c1nc(O[C@H]2CCN[C@H](C(F)(F)F)C2)ccc1N(C(=O)c1cnc(C2CC2)nc1)C3. The predicted octanol–water partition coefficient (Wildman–Crippen LogP) is 4.80. The van der Waals surface area contributed by atoms with Crippen LogP contribution in [0, 0.1) is 0 Å². The zero-order valence-corrected chi connectivity index (χ0v) is 23.5. The molecule has 13 heteroatoms. The van der Waals surface area contributed by atoms with Crippen LogP contribution in [0.4, 0.5) is 24.7 Å². The minimum atomic E-state index is -4.37. The van der Waals surface area contributed by atoms with Crippen LogP contribution >= 0.6 is 0 Å². The van der Waals surface area contributed by atoms with E-state index in [2.05, 4.69) is 20.3 Å². The van der Waals surface area contributed by atoms with Gasteiger partial charge in [0, 0.05) is 47.3 Å². The Hall–Kier alpha value is -4.36. The minimum Gasteiger partial charge on any atom is -0.474 e. The average Bonchev–Trinajstić information content (AvgIpc) is 3.75. The molecule has 6 heterocycles. The van der Waals surface area contributed by atoms with Crippen LogP contribution in [0.25, 0.3) is 22.2 Å². The van der Waals surface area contributed by atoms with E-state index >= 15 is 0 Å². The van der Waals surface area contributed by atoms with Gasteiger partial charge in [-0.2, -0.15) is 13.2 Å². The summed E-state index contributed by atoms with van der Waals surface area (Å²) in [6, 6.07) is 5.60. The van der Waals surface area contributed by atoms with Crippen molar-refractivity contribution in [1.29, 1.82) is 0 Å². The first-order valence-electron chi connectivity index (χ1n) is 14.7. The van der Waals surface area contributed by atoms with E-state index in [0.717, 1.165) is 46.3 Å². The van der Waals surface area contributed by atoms with E-state index in [1.165, 1.54) is 0 Å². The number of nitrogens with zero attached hydrogens (tertiary/aromatic N) is 5. The number of hydrogen-bond acceptors (Lipinski definition) is 9. The topological polar surface area (TPSA) is 128 Å². The molecule has 3 N–H and O–H groups in total. The highest BCUT2D eigenvalue weighted by Gasteiger charge is 2.43. The van der Waals surface area contributed by atoms with Gasteiger partial charge >= 0.3 is 6.18 Å². The molecule has 3 aliphatic heterocycles. The van der Waals surface area contributed by atoms with Crippen molar-refractivity contribution in [3.05, 3.63) is 64.7 Å². The first-order chi connectivity index (χ1) is 21.2. The van der Waals surface area contributed by atoms with Gasteiger partial charge in [-0.05, 0) is 55.1 Å². The van der Waals surface area contributed by atoms with Gasteiger partial charge in [0.1, 0.15) is 23.8 Å². The number of halogens is 3. The Morgan fingerprint density at radius 2 is 1.86 bits per heavy atom. The highest BCUT2D eigenvalue weighted by atomic mass is 19.4. The Morgan fingerprint density at radius 3 is 2.64 bits per heavy atom. The number of anilines is 2. The van der Waals surface area contributed by atoms with Crippen molar-refractivity contribution in [2.75, 3.05) is 17.2 Å². The molecule has 3 aromatic heterocycles. The van der Waals surface area contributed by atoms with Crippen molar-refractivity contribution in [2.24, 2.45) is 0 Å². The quantitative estimate of drug-likeness (QED) is 0.338. The van der Waals surface area contributed by atoms with Crippen molar-refractivity contribution in [3.63, 3.8) is 0 Å². The lowest BCUT2D eigenvalue weighted by atomic mass is 9.93. The first kappa shape index (κ1) is 27.2. The smallest absolute Gasteiger partial charge is 0.403 e. The highest BCUT2D eigenvalue weighted by molar-refractivity contribution is 6.09. The third-order valence-corrected chi connectivity index (χ3v) is 8.82. The Bertz CT molecular complexity index is 1810. The molecule has 2 atom stereocenters. The van der Waals surface area contributed by atoms with E-state index in [0.29, 0.717) is 53.8 Å². The maximum atomic E-state index is 13.9. The summed E-state index contributed by atoms with van der Waals surface area (Å²) < 4.78 is 51.9. The Kier molecular flexibility index (Phi) is 6.24. The van der Waals surface area contributed by atoms with Gasteiger partial charge in [-0.3, -0.25) is 4.79 Å². The van der Waals surface area contributed by atoms with Crippen LogP contribution in [0.15, 0.2) is 36.7 Å². The van der Waals surface area contributed by atoms with Gasteiger partial charge in [0.2, 0.25) is 5.88 Å². The van der Waals surface area contributed by atoms with Crippen LogP contribution in [0.3, 0.4) is 0 Å². The summed E-state index contributed by atoms with van der Waals surface area (Å²) in [4.78, 5) is 33.8. The maximum Gasteiger partial charge on any atom is 0.403 e. The third-order valence-electron chi connectivity index (χ3n) is 8.82. The van der Waals surface area contributed by atoms with Gasteiger partial charge in [0.05, 0.1) is 42.2 Å². The molecule has 1 aromatic carbocycles. The lowest BCUT2D eigenvalue weighted by Gasteiger charge is -2.33. The van der Waals surface area contributed by atoms with Crippen LogP contribution in [0.5, 0.6) is 5.88 Å². The second-order valence-corrected chi connectivity index (χ2v) is 11.8. The lowest BCUT2D eigenvalue weighted by molar-refractivity contribution is -0.166. The van der Waals surface area contributed by atoms with E-state index < -0.39 is 18.3 Å². The summed E-state index contributed by atoms with van der Waals surface area (Å²) in [5, 5.41) is 3.40. The molecular weight excluding hydrogens is 575 g/mol. The molecule has 0 bridgehead atoms. The monoisotopic (exact) mass is 603 g/mol. The number of alkyl halides is 3. The molecule has 44 heavy (non-hydrogen) atoms. The second kappa shape index (κ2) is 10.1. The molecule has 8 rings (SSSR count). The number of nitrogens with one attached hydrogen (secondary N) is 1. The molecular formula is C31H28F3N7O3. The molecule has 226 valence electrons. The van der Waals surface area contributed by atoms with Crippen molar-refractivity contribution in [2.45, 2.75) is 69.7 Å². The number of nitrogens with two attached hydrogens (primary N) is 1. The van der Waals surface area contributed by atoms with Gasteiger partial charge in [0.25, 0.3) is 5.91 Å². The van der Waals surface area contributed by atoms with Crippen molar-refractivity contribution in [1.82, 2.24) is 25.3 Å². The van der Waals surface area contributed by atoms with Crippen LogP contribution in [0.2, 0.25) is 0 Å². The molecule has 1 saturated heterocycles.